The number of nitrogens with two attached hydrogens (primary N) is 1. The van der Waals surface area contributed by atoms with Crippen LogP contribution in [0.5, 0.6) is 0 Å². The van der Waals surface area contributed by atoms with Crippen molar-refractivity contribution in [1.82, 2.24) is 10.0 Å². The summed E-state index contributed by atoms with van der Waals surface area (Å²) >= 11 is 1.66. The Morgan fingerprint density at radius 2 is 1.79 bits per heavy atom. The largest absolute Gasteiger partial charge is 0.383 e. The number of thiophene rings is 1. The van der Waals surface area contributed by atoms with E-state index in [4.69, 9.17) is 5.73 Å². The molecule has 5 nitrogen and oxygen atoms in total. The molecule has 6 heteroatoms. The van der Waals surface area contributed by atoms with E-state index in [0.717, 1.165) is 37.4 Å². The van der Waals surface area contributed by atoms with Crippen molar-refractivity contribution in [3.05, 3.63) is 93.3 Å². The summed E-state index contributed by atoms with van der Waals surface area (Å²) in [4.78, 5) is 14.8. The van der Waals surface area contributed by atoms with E-state index in [1.165, 1.54) is 0 Å². The maximum Gasteiger partial charge on any atom is 0.162 e. The Kier molecular flexibility index (Phi) is 5.32. The second kappa shape index (κ2) is 8.18. The second-order valence-electron chi connectivity index (χ2n) is 8.89. The maximum absolute atomic E-state index is 13.8. The molecule has 1 aromatic heterocycles. The number of carbonyl (C=O) groups excluding carboxylic acids is 1. The van der Waals surface area contributed by atoms with Crippen LogP contribution in [-0.2, 0) is 4.79 Å². The number of fused-ring (bicyclic) bond motifs is 1. The smallest absolute Gasteiger partial charge is 0.162 e. The Bertz CT molecular complexity index is 1360. The molecule has 5 rings (SSSR count). The molecule has 0 saturated carbocycles. The number of Topliss-reactive ketones (excluding diaryl/α,β-unsaturated/α-hetero) is 1. The number of hydrazine groups is 1. The van der Waals surface area contributed by atoms with Gasteiger partial charge in [0, 0.05) is 41.4 Å². The van der Waals surface area contributed by atoms with Crippen molar-refractivity contribution in [1.29, 1.82) is 5.26 Å². The Morgan fingerprint density at radius 1 is 1.09 bits per heavy atom. The summed E-state index contributed by atoms with van der Waals surface area (Å²) in [5.74, 6) is 0.159. The van der Waals surface area contributed by atoms with Crippen LogP contribution in [0.4, 0.5) is 0 Å². The zero-order valence-electron chi connectivity index (χ0n) is 19.0. The summed E-state index contributed by atoms with van der Waals surface area (Å²) in [6.45, 7) is 2.08. The Balaban J connectivity index is 1.73. The quantitative estimate of drug-likeness (QED) is 0.590. The van der Waals surface area contributed by atoms with Crippen LogP contribution in [0.25, 0.3) is 10.1 Å². The van der Waals surface area contributed by atoms with Gasteiger partial charge >= 0.3 is 0 Å². The number of rotatable bonds is 3. The van der Waals surface area contributed by atoms with Crippen LogP contribution in [0.1, 0.15) is 40.7 Å². The highest BCUT2D eigenvalue weighted by Crippen LogP contribution is 2.51. The Hall–Kier alpha value is -3.40. The van der Waals surface area contributed by atoms with Crippen LogP contribution in [0.3, 0.4) is 0 Å². The van der Waals surface area contributed by atoms with Crippen molar-refractivity contribution in [2.45, 2.75) is 31.6 Å². The van der Waals surface area contributed by atoms with Gasteiger partial charge in [0.05, 0.1) is 17.6 Å². The van der Waals surface area contributed by atoms with Gasteiger partial charge in [0.2, 0.25) is 0 Å². The third kappa shape index (κ3) is 3.36. The number of hydrogen-bond donors (Lipinski definition) is 1. The van der Waals surface area contributed by atoms with E-state index in [9.17, 15) is 10.1 Å². The van der Waals surface area contributed by atoms with Gasteiger partial charge < -0.3 is 5.73 Å². The van der Waals surface area contributed by atoms with Crippen molar-refractivity contribution in [3.63, 3.8) is 0 Å². The van der Waals surface area contributed by atoms with Crippen LogP contribution in [-0.4, -0.2) is 29.9 Å². The molecule has 0 bridgehead atoms. The fourth-order valence-corrected chi connectivity index (χ4v) is 6.59. The van der Waals surface area contributed by atoms with E-state index >= 15 is 0 Å². The molecule has 2 heterocycles. The number of nitriles is 1. The van der Waals surface area contributed by atoms with Gasteiger partial charge in [0.15, 0.2) is 5.78 Å². The van der Waals surface area contributed by atoms with Crippen LogP contribution in [0.2, 0.25) is 0 Å². The number of ketones is 1. The number of nitrogens with zero attached hydrogens (tertiary/aromatic N) is 3. The molecule has 0 radical (unpaired) electrons. The van der Waals surface area contributed by atoms with Gasteiger partial charge in [-0.25, -0.2) is 5.01 Å². The first-order valence-electron chi connectivity index (χ1n) is 11.1. The van der Waals surface area contributed by atoms with E-state index in [1.807, 2.05) is 54.4 Å². The minimum Gasteiger partial charge on any atom is -0.383 e. The molecule has 2 aromatic carbocycles. The molecule has 2 atom stereocenters. The topological polar surface area (TPSA) is 73.4 Å². The highest BCUT2D eigenvalue weighted by Gasteiger charge is 2.44. The summed E-state index contributed by atoms with van der Waals surface area (Å²) in [5, 5.41) is 15.1. The molecule has 1 aliphatic carbocycles. The lowest BCUT2D eigenvalue weighted by atomic mass is 9.73. The van der Waals surface area contributed by atoms with Gasteiger partial charge in [-0.15, -0.1) is 11.3 Å². The number of allylic oxidation sites excluding steroid dienone is 3. The normalized spacial score (nSPS) is 21.1. The highest BCUT2D eigenvalue weighted by molar-refractivity contribution is 7.19. The van der Waals surface area contributed by atoms with Gasteiger partial charge in [0.1, 0.15) is 5.82 Å². The molecule has 166 valence electrons. The molecule has 2 aliphatic rings. The van der Waals surface area contributed by atoms with E-state index in [0.29, 0.717) is 24.2 Å². The molecule has 0 spiro atoms. The van der Waals surface area contributed by atoms with Gasteiger partial charge in [0.25, 0.3) is 0 Å². The van der Waals surface area contributed by atoms with Crippen molar-refractivity contribution in [2.75, 3.05) is 14.1 Å². The molecule has 2 unspecified atom stereocenters. The molecule has 2 N–H and O–H groups in total. The fourth-order valence-electron chi connectivity index (χ4n) is 5.26. The molecule has 3 aromatic rings. The van der Waals surface area contributed by atoms with Crippen LogP contribution >= 0.6 is 11.3 Å². The first kappa shape index (κ1) is 21.4. The summed E-state index contributed by atoms with van der Waals surface area (Å²) < 4.78 is 1.16. The van der Waals surface area contributed by atoms with Crippen molar-refractivity contribution in [3.8, 4) is 6.07 Å². The lowest BCUT2D eigenvalue weighted by Gasteiger charge is -2.43. The minimum absolute atomic E-state index is 0.0838. The Labute approximate surface area is 198 Å². The summed E-state index contributed by atoms with van der Waals surface area (Å²) in [6.07, 6.45) is 1.13. The number of benzene rings is 2. The van der Waals surface area contributed by atoms with Crippen LogP contribution < -0.4 is 5.73 Å². The monoisotopic (exact) mass is 454 g/mol. The van der Waals surface area contributed by atoms with Crippen molar-refractivity contribution >= 4 is 27.2 Å². The minimum atomic E-state index is -0.428. The predicted octanol–water partition coefficient (Wildman–Crippen LogP) is 5.18. The average Bonchev–Trinajstić information content (AvgIpc) is 3.14. The van der Waals surface area contributed by atoms with E-state index < -0.39 is 5.92 Å². The summed E-state index contributed by atoms with van der Waals surface area (Å²) in [7, 11) is 3.79. The summed E-state index contributed by atoms with van der Waals surface area (Å²) in [6, 6.07) is 20.8. The Morgan fingerprint density at radius 3 is 2.45 bits per heavy atom. The van der Waals surface area contributed by atoms with Gasteiger partial charge in [-0.05, 0) is 41.8 Å². The summed E-state index contributed by atoms with van der Waals surface area (Å²) in [5.41, 5.74) is 11.0. The molecule has 0 saturated heterocycles. The van der Waals surface area contributed by atoms with Gasteiger partial charge in [-0.2, -0.15) is 5.26 Å². The lowest BCUT2D eigenvalue weighted by molar-refractivity contribution is -0.117. The average molecular weight is 455 g/mol. The first-order chi connectivity index (χ1) is 15.9. The van der Waals surface area contributed by atoms with Crippen LogP contribution in [0.15, 0.2) is 77.3 Å². The fraction of sp³-hybridized carbons (Fsp3) is 0.259. The first-order valence-corrected chi connectivity index (χ1v) is 11.9. The van der Waals surface area contributed by atoms with Gasteiger partial charge in [-0.1, -0.05) is 48.5 Å². The van der Waals surface area contributed by atoms with E-state index in [1.54, 1.807) is 11.3 Å². The molecule has 1 aliphatic heterocycles. The molecule has 0 fully saturated rings. The maximum atomic E-state index is 13.8. The number of hydrogen-bond acceptors (Lipinski definition) is 6. The second-order valence-corrected chi connectivity index (χ2v) is 9.97. The zero-order valence-corrected chi connectivity index (χ0v) is 19.8. The number of carbonyl (C=O) groups is 1. The highest BCUT2D eigenvalue weighted by atomic mass is 32.1. The van der Waals surface area contributed by atoms with Crippen LogP contribution in [0, 0.1) is 18.3 Å². The standard InChI is InChI=1S/C27H26N4OS/c1-16-19-11-7-8-12-23(19)33-26(16)24-20(15-28)27(29)31(30(2)3)21-13-18(14-22(32)25(21)24)17-9-5-4-6-10-17/h4-12,18,24H,13-14,29H2,1-3H3. The zero-order chi connectivity index (χ0) is 23.3. The molecule has 0 amide bonds. The molecular formula is C27H26N4OS. The third-order valence-corrected chi connectivity index (χ3v) is 8.09. The molecule has 33 heavy (non-hydrogen) atoms. The van der Waals surface area contributed by atoms with Crippen molar-refractivity contribution in [2.24, 2.45) is 5.73 Å². The van der Waals surface area contributed by atoms with E-state index in [-0.39, 0.29) is 11.7 Å². The lowest BCUT2D eigenvalue weighted by Crippen LogP contribution is -2.46. The predicted molar refractivity (Wildman–Crippen MR) is 132 cm³/mol. The molecular weight excluding hydrogens is 428 g/mol. The third-order valence-electron chi connectivity index (χ3n) is 6.75. The SMILES string of the molecule is Cc1c(C2C(C#N)=C(N)N(N(C)C)C3=C2C(=O)CC(c2ccccc2)C3)sc2ccccc12. The van der Waals surface area contributed by atoms with Crippen molar-refractivity contribution < 1.29 is 4.79 Å². The number of aryl methyl sites for hydroxylation is 1. The van der Waals surface area contributed by atoms with E-state index in [2.05, 4.69) is 37.3 Å². The van der Waals surface area contributed by atoms with Gasteiger partial charge in [-0.3, -0.25) is 9.80 Å².